The first kappa shape index (κ1) is 13.1. The molecule has 0 aliphatic heterocycles. The minimum atomic E-state index is 0.0852. The molecule has 3 aromatic rings. The molecule has 0 aliphatic carbocycles. The van der Waals surface area contributed by atoms with Gasteiger partial charge in [-0.15, -0.1) is 0 Å². The molecule has 0 amide bonds. The Morgan fingerprint density at radius 3 is 2.45 bits per heavy atom. The Morgan fingerprint density at radius 2 is 1.75 bits per heavy atom. The SMILES string of the molecule is Cc1c(-c2ccccc2)[nH]c2c(C)cc(Br)cc2c1=O. The van der Waals surface area contributed by atoms with Gasteiger partial charge in [-0.2, -0.15) is 0 Å². The molecular weight excluding hydrogens is 314 g/mol. The summed E-state index contributed by atoms with van der Waals surface area (Å²) in [5.41, 5.74) is 4.73. The van der Waals surface area contributed by atoms with Crippen LogP contribution in [0.5, 0.6) is 0 Å². The number of aromatic nitrogens is 1. The fraction of sp³-hybridized carbons (Fsp3) is 0.118. The van der Waals surface area contributed by atoms with Crippen LogP contribution in [0.2, 0.25) is 0 Å². The van der Waals surface area contributed by atoms with Gasteiger partial charge in [0.15, 0.2) is 5.43 Å². The maximum absolute atomic E-state index is 12.6. The molecule has 1 aromatic heterocycles. The van der Waals surface area contributed by atoms with Crippen LogP contribution in [-0.2, 0) is 0 Å². The van der Waals surface area contributed by atoms with Gasteiger partial charge < -0.3 is 4.98 Å². The van der Waals surface area contributed by atoms with Crippen molar-refractivity contribution in [1.82, 2.24) is 4.98 Å². The Hall–Kier alpha value is -1.87. The quantitative estimate of drug-likeness (QED) is 0.697. The molecule has 0 saturated heterocycles. The Bertz CT molecular complexity index is 850. The second-order valence-corrected chi connectivity index (χ2v) is 5.88. The molecule has 1 N–H and O–H groups in total. The van der Waals surface area contributed by atoms with Crippen LogP contribution >= 0.6 is 15.9 Å². The average Bonchev–Trinajstić information content (AvgIpc) is 2.44. The number of pyridine rings is 1. The lowest BCUT2D eigenvalue weighted by molar-refractivity contribution is 1.28. The van der Waals surface area contributed by atoms with Gasteiger partial charge in [0.05, 0.1) is 11.2 Å². The lowest BCUT2D eigenvalue weighted by atomic mass is 10.0. The van der Waals surface area contributed by atoms with E-state index in [1.54, 1.807) is 0 Å². The summed E-state index contributed by atoms with van der Waals surface area (Å²) in [6.07, 6.45) is 0. The molecule has 1 heterocycles. The highest BCUT2D eigenvalue weighted by molar-refractivity contribution is 9.10. The van der Waals surface area contributed by atoms with Gasteiger partial charge in [0, 0.05) is 15.4 Å². The second kappa shape index (κ2) is 4.91. The maximum Gasteiger partial charge on any atom is 0.192 e. The van der Waals surface area contributed by atoms with Crippen molar-refractivity contribution in [2.24, 2.45) is 0 Å². The van der Waals surface area contributed by atoms with E-state index in [0.29, 0.717) is 0 Å². The Labute approximate surface area is 125 Å². The Morgan fingerprint density at radius 1 is 1.05 bits per heavy atom. The Kier molecular flexibility index (Phi) is 3.22. The first-order chi connectivity index (χ1) is 9.58. The Balaban J connectivity index is 2.42. The van der Waals surface area contributed by atoms with E-state index in [1.807, 2.05) is 56.3 Å². The van der Waals surface area contributed by atoms with E-state index in [1.165, 1.54) is 0 Å². The molecule has 3 rings (SSSR count). The molecule has 0 unspecified atom stereocenters. The molecule has 20 heavy (non-hydrogen) atoms. The van der Waals surface area contributed by atoms with Gasteiger partial charge in [0.1, 0.15) is 0 Å². The highest BCUT2D eigenvalue weighted by Crippen LogP contribution is 2.25. The standard InChI is InChI=1S/C17H14BrNO/c1-10-8-13(18)9-14-15(10)19-16(11(2)17(14)20)12-6-4-3-5-7-12/h3-9H,1-2H3,(H,19,20). The van der Waals surface area contributed by atoms with Crippen molar-refractivity contribution < 1.29 is 0 Å². The van der Waals surface area contributed by atoms with Crippen LogP contribution in [0.15, 0.2) is 51.7 Å². The van der Waals surface area contributed by atoms with E-state index in [2.05, 4.69) is 20.9 Å². The monoisotopic (exact) mass is 327 g/mol. The predicted molar refractivity (Wildman–Crippen MR) is 87.2 cm³/mol. The number of halogens is 1. The van der Waals surface area contributed by atoms with E-state index in [-0.39, 0.29) is 5.43 Å². The fourth-order valence-electron chi connectivity index (χ4n) is 2.52. The number of hydrogen-bond acceptors (Lipinski definition) is 1. The molecular formula is C17H14BrNO. The first-order valence-corrected chi connectivity index (χ1v) is 7.25. The third kappa shape index (κ3) is 2.08. The van der Waals surface area contributed by atoms with Crippen LogP contribution in [0.3, 0.4) is 0 Å². The molecule has 0 spiro atoms. The lowest BCUT2D eigenvalue weighted by Gasteiger charge is -2.11. The smallest absolute Gasteiger partial charge is 0.192 e. The fourth-order valence-corrected chi connectivity index (χ4v) is 3.09. The summed E-state index contributed by atoms with van der Waals surface area (Å²) in [7, 11) is 0. The van der Waals surface area contributed by atoms with Gasteiger partial charge in [-0.3, -0.25) is 4.79 Å². The van der Waals surface area contributed by atoms with Crippen LogP contribution in [0.25, 0.3) is 22.2 Å². The summed E-state index contributed by atoms with van der Waals surface area (Å²) in [5.74, 6) is 0. The molecule has 100 valence electrons. The summed E-state index contributed by atoms with van der Waals surface area (Å²) < 4.78 is 0.930. The molecule has 2 aromatic carbocycles. The summed E-state index contributed by atoms with van der Waals surface area (Å²) in [6, 6.07) is 13.8. The van der Waals surface area contributed by atoms with Gasteiger partial charge in [0.2, 0.25) is 0 Å². The predicted octanol–water partition coefficient (Wildman–Crippen LogP) is 4.57. The molecule has 3 heteroatoms. The van der Waals surface area contributed by atoms with E-state index >= 15 is 0 Å². The molecule has 0 bridgehead atoms. The van der Waals surface area contributed by atoms with E-state index in [4.69, 9.17) is 0 Å². The number of fused-ring (bicyclic) bond motifs is 1. The normalized spacial score (nSPS) is 10.9. The topological polar surface area (TPSA) is 32.9 Å². The van der Waals surface area contributed by atoms with Crippen molar-refractivity contribution >= 4 is 26.8 Å². The lowest BCUT2D eigenvalue weighted by Crippen LogP contribution is -2.10. The first-order valence-electron chi connectivity index (χ1n) is 6.46. The highest BCUT2D eigenvalue weighted by Gasteiger charge is 2.11. The number of nitrogens with one attached hydrogen (secondary N) is 1. The summed E-state index contributed by atoms with van der Waals surface area (Å²) in [5, 5.41) is 0.731. The number of hydrogen-bond donors (Lipinski definition) is 1. The van der Waals surface area contributed by atoms with Crippen molar-refractivity contribution in [2.75, 3.05) is 0 Å². The zero-order valence-corrected chi connectivity index (χ0v) is 12.9. The van der Waals surface area contributed by atoms with Crippen LogP contribution < -0.4 is 5.43 Å². The van der Waals surface area contributed by atoms with Gasteiger partial charge in [-0.05, 0) is 37.1 Å². The summed E-state index contributed by atoms with van der Waals surface area (Å²) >= 11 is 3.45. The van der Waals surface area contributed by atoms with Crippen molar-refractivity contribution in [3.05, 3.63) is 68.3 Å². The molecule has 0 radical (unpaired) electrons. The second-order valence-electron chi connectivity index (χ2n) is 4.97. The molecule has 0 aliphatic rings. The largest absolute Gasteiger partial charge is 0.354 e. The van der Waals surface area contributed by atoms with Crippen LogP contribution in [-0.4, -0.2) is 4.98 Å². The number of aryl methyl sites for hydroxylation is 1. The van der Waals surface area contributed by atoms with Crippen LogP contribution in [0.4, 0.5) is 0 Å². The van der Waals surface area contributed by atoms with Crippen LogP contribution in [0, 0.1) is 13.8 Å². The third-order valence-electron chi connectivity index (χ3n) is 3.57. The van der Waals surface area contributed by atoms with E-state index < -0.39 is 0 Å². The highest BCUT2D eigenvalue weighted by atomic mass is 79.9. The van der Waals surface area contributed by atoms with Gasteiger partial charge in [-0.25, -0.2) is 0 Å². The molecule has 2 nitrogen and oxygen atoms in total. The third-order valence-corrected chi connectivity index (χ3v) is 4.03. The molecule has 0 atom stereocenters. The van der Waals surface area contributed by atoms with Gasteiger partial charge >= 0.3 is 0 Å². The number of aromatic amines is 1. The summed E-state index contributed by atoms with van der Waals surface area (Å²) in [6.45, 7) is 3.88. The number of H-pyrrole nitrogens is 1. The van der Waals surface area contributed by atoms with Gasteiger partial charge in [-0.1, -0.05) is 46.3 Å². The van der Waals surface area contributed by atoms with Gasteiger partial charge in [0.25, 0.3) is 0 Å². The van der Waals surface area contributed by atoms with E-state index in [9.17, 15) is 4.79 Å². The summed E-state index contributed by atoms with van der Waals surface area (Å²) in [4.78, 5) is 16.0. The van der Waals surface area contributed by atoms with Crippen LogP contribution in [0.1, 0.15) is 11.1 Å². The van der Waals surface area contributed by atoms with Crippen molar-refractivity contribution in [3.8, 4) is 11.3 Å². The molecule has 0 fully saturated rings. The van der Waals surface area contributed by atoms with E-state index in [0.717, 1.165) is 37.8 Å². The minimum absolute atomic E-state index is 0.0852. The van der Waals surface area contributed by atoms with Crippen molar-refractivity contribution in [2.45, 2.75) is 13.8 Å². The number of benzene rings is 2. The molecule has 0 saturated carbocycles. The average molecular weight is 328 g/mol. The minimum Gasteiger partial charge on any atom is -0.354 e. The van der Waals surface area contributed by atoms with Crippen molar-refractivity contribution in [3.63, 3.8) is 0 Å². The zero-order chi connectivity index (χ0) is 14.3. The number of rotatable bonds is 1. The van der Waals surface area contributed by atoms with Crippen molar-refractivity contribution in [1.29, 1.82) is 0 Å². The zero-order valence-electron chi connectivity index (χ0n) is 11.3. The maximum atomic E-state index is 12.6.